The number of amides is 1. The number of nitrogens with zero attached hydrogens (tertiary/aromatic N) is 5. The van der Waals surface area contributed by atoms with E-state index in [1.807, 2.05) is 44.2 Å². The van der Waals surface area contributed by atoms with E-state index in [0.717, 1.165) is 37.0 Å². The first-order valence-electron chi connectivity index (χ1n) is 12.3. The number of rotatable bonds is 9. The van der Waals surface area contributed by atoms with Crippen LogP contribution in [0.15, 0.2) is 36.4 Å². The van der Waals surface area contributed by atoms with E-state index in [1.54, 1.807) is 10.9 Å². The van der Waals surface area contributed by atoms with Gasteiger partial charge in [-0.3, -0.25) is 9.59 Å². The van der Waals surface area contributed by atoms with Crippen LogP contribution >= 0.6 is 0 Å². The Morgan fingerprint density at radius 2 is 1.94 bits per heavy atom. The fraction of sp³-hybridized carbons (Fsp3) is 0.462. The molecule has 0 bridgehead atoms. The lowest BCUT2D eigenvalue weighted by atomic mass is 9.82. The first kappa shape index (κ1) is 25.3. The van der Waals surface area contributed by atoms with E-state index in [1.165, 1.54) is 7.11 Å². The zero-order chi connectivity index (χ0) is 25.5. The molecule has 10 nitrogen and oxygen atoms in total. The van der Waals surface area contributed by atoms with Crippen molar-refractivity contribution >= 4 is 11.9 Å². The number of hydrogen-bond donors (Lipinski definition) is 1. The molecular formula is C26H32N6O4. The van der Waals surface area contributed by atoms with Crippen LogP contribution in [0, 0.1) is 18.8 Å². The van der Waals surface area contributed by atoms with Gasteiger partial charge in [-0.1, -0.05) is 12.1 Å². The molecule has 10 heteroatoms. The van der Waals surface area contributed by atoms with Gasteiger partial charge >= 0.3 is 5.97 Å². The molecule has 0 unspecified atom stereocenters. The second-order valence-electron chi connectivity index (χ2n) is 9.05. The predicted octanol–water partition coefficient (Wildman–Crippen LogP) is 3.35. The highest BCUT2D eigenvalue weighted by Crippen LogP contribution is 2.30. The van der Waals surface area contributed by atoms with E-state index < -0.39 is 0 Å². The minimum absolute atomic E-state index is 0.0107. The summed E-state index contributed by atoms with van der Waals surface area (Å²) in [4.78, 5) is 30.6. The lowest BCUT2D eigenvalue weighted by Gasteiger charge is -2.26. The van der Waals surface area contributed by atoms with Gasteiger partial charge in [0, 0.05) is 17.8 Å². The quantitative estimate of drug-likeness (QED) is 0.452. The van der Waals surface area contributed by atoms with Gasteiger partial charge in [0.25, 0.3) is 5.91 Å². The monoisotopic (exact) mass is 492 g/mol. The van der Waals surface area contributed by atoms with E-state index in [2.05, 4.69) is 25.7 Å². The fourth-order valence-corrected chi connectivity index (χ4v) is 4.51. The second kappa shape index (κ2) is 11.7. The summed E-state index contributed by atoms with van der Waals surface area (Å²) in [6.45, 7) is 5.34. The van der Waals surface area contributed by atoms with Gasteiger partial charge in [-0.2, -0.15) is 4.80 Å². The Morgan fingerprint density at radius 3 is 2.69 bits per heavy atom. The normalized spacial score (nSPS) is 17.4. The predicted molar refractivity (Wildman–Crippen MR) is 132 cm³/mol. The van der Waals surface area contributed by atoms with Crippen LogP contribution in [-0.2, 0) is 22.6 Å². The first-order chi connectivity index (χ1) is 17.4. The molecule has 0 atom stereocenters. The number of tetrazole rings is 1. The summed E-state index contributed by atoms with van der Waals surface area (Å²) in [6.07, 6.45) is 3.47. The molecule has 3 aromatic rings. The maximum atomic E-state index is 12.8. The van der Waals surface area contributed by atoms with Crippen molar-refractivity contribution in [3.8, 4) is 17.1 Å². The summed E-state index contributed by atoms with van der Waals surface area (Å²) in [5.41, 5.74) is 2.61. The smallest absolute Gasteiger partial charge is 0.308 e. The van der Waals surface area contributed by atoms with Gasteiger partial charge in [-0.25, -0.2) is 4.98 Å². The van der Waals surface area contributed by atoms with Crippen molar-refractivity contribution in [2.45, 2.75) is 52.6 Å². The molecule has 1 aromatic carbocycles. The molecule has 1 aliphatic carbocycles. The second-order valence-corrected chi connectivity index (χ2v) is 9.05. The summed E-state index contributed by atoms with van der Waals surface area (Å²) < 4.78 is 10.4. The number of pyridine rings is 1. The lowest BCUT2D eigenvalue weighted by Crippen LogP contribution is -2.25. The van der Waals surface area contributed by atoms with Crippen molar-refractivity contribution in [3.63, 3.8) is 0 Å². The van der Waals surface area contributed by atoms with Crippen LogP contribution in [0.4, 0.5) is 0 Å². The van der Waals surface area contributed by atoms with Crippen molar-refractivity contribution < 1.29 is 19.1 Å². The van der Waals surface area contributed by atoms with Gasteiger partial charge in [0.2, 0.25) is 5.82 Å². The highest BCUT2D eigenvalue weighted by molar-refractivity contribution is 5.93. The highest BCUT2D eigenvalue weighted by Gasteiger charge is 2.27. The molecule has 1 saturated carbocycles. The van der Waals surface area contributed by atoms with Gasteiger partial charge in [-0.15, -0.1) is 10.2 Å². The minimum Gasteiger partial charge on any atom is -0.494 e. The molecule has 2 heterocycles. The average Bonchev–Trinajstić information content (AvgIpc) is 3.36. The molecule has 4 rings (SSSR count). The van der Waals surface area contributed by atoms with Crippen molar-refractivity contribution in [1.82, 2.24) is 30.5 Å². The standard InChI is InChI=1S/C26H32N6O4/c1-4-36-22-7-5-6-19(13-22)15-27-25(33)23-14-21(12-17(2)28-23)24-29-31-32(30-24)16-18-8-10-20(11-9-18)26(34)35-3/h5-7,12-14,18,20H,4,8-11,15-16H2,1-3H3,(H,27,33)/t18-,20-. The molecule has 0 saturated heterocycles. The third-order valence-electron chi connectivity index (χ3n) is 6.36. The molecule has 0 aliphatic heterocycles. The minimum atomic E-state index is -0.281. The van der Waals surface area contributed by atoms with E-state index in [4.69, 9.17) is 9.47 Å². The number of hydrogen-bond acceptors (Lipinski definition) is 8. The fourth-order valence-electron chi connectivity index (χ4n) is 4.51. The number of carbonyl (C=O) groups excluding carboxylic acids is 2. The van der Waals surface area contributed by atoms with Crippen LogP contribution in [0.1, 0.15) is 54.4 Å². The van der Waals surface area contributed by atoms with Crippen LogP contribution in [0.5, 0.6) is 5.75 Å². The lowest BCUT2D eigenvalue weighted by molar-refractivity contribution is -0.146. The van der Waals surface area contributed by atoms with E-state index in [-0.39, 0.29) is 17.8 Å². The SMILES string of the molecule is CCOc1cccc(CNC(=O)c2cc(-c3nnn(C[C@H]4CC[C@H](C(=O)OC)CC4)n3)cc(C)n2)c1. The van der Waals surface area contributed by atoms with Crippen LogP contribution in [0.25, 0.3) is 11.4 Å². The number of ether oxygens (including phenoxy) is 2. The number of aryl methyl sites for hydroxylation is 1. The number of carbonyl (C=O) groups is 2. The average molecular weight is 493 g/mol. The van der Waals surface area contributed by atoms with E-state index >= 15 is 0 Å². The maximum Gasteiger partial charge on any atom is 0.308 e. The summed E-state index contributed by atoms with van der Waals surface area (Å²) >= 11 is 0. The molecule has 1 aliphatic rings. The third-order valence-corrected chi connectivity index (χ3v) is 6.36. The van der Waals surface area contributed by atoms with E-state index in [0.29, 0.717) is 48.4 Å². The van der Waals surface area contributed by atoms with Crippen LogP contribution in [0.3, 0.4) is 0 Å². The van der Waals surface area contributed by atoms with Gasteiger partial charge in [-0.05, 0) is 80.5 Å². The third kappa shape index (κ3) is 6.44. The summed E-state index contributed by atoms with van der Waals surface area (Å²) in [7, 11) is 1.44. The van der Waals surface area contributed by atoms with Gasteiger partial charge in [0.05, 0.1) is 26.2 Å². The summed E-state index contributed by atoms with van der Waals surface area (Å²) in [5.74, 6) is 1.18. The Morgan fingerprint density at radius 1 is 1.14 bits per heavy atom. The Balaban J connectivity index is 1.38. The van der Waals surface area contributed by atoms with Gasteiger partial charge < -0.3 is 14.8 Å². The molecule has 1 N–H and O–H groups in total. The number of benzene rings is 1. The molecule has 0 spiro atoms. The first-order valence-corrected chi connectivity index (χ1v) is 12.3. The Bertz CT molecular complexity index is 1200. The molecule has 36 heavy (non-hydrogen) atoms. The Hall–Kier alpha value is -3.82. The number of aromatic nitrogens is 5. The molecular weight excluding hydrogens is 460 g/mol. The molecule has 0 radical (unpaired) electrons. The zero-order valence-corrected chi connectivity index (χ0v) is 20.9. The van der Waals surface area contributed by atoms with Crippen molar-refractivity contribution in [2.75, 3.05) is 13.7 Å². The Kier molecular flexibility index (Phi) is 8.24. The highest BCUT2D eigenvalue weighted by atomic mass is 16.5. The number of nitrogens with one attached hydrogen (secondary N) is 1. The van der Waals surface area contributed by atoms with Crippen molar-refractivity contribution in [2.24, 2.45) is 11.8 Å². The maximum absolute atomic E-state index is 12.8. The number of esters is 1. The molecule has 2 aromatic heterocycles. The van der Waals surface area contributed by atoms with Crippen LogP contribution < -0.4 is 10.1 Å². The van der Waals surface area contributed by atoms with Crippen molar-refractivity contribution in [3.05, 3.63) is 53.3 Å². The summed E-state index contributed by atoms with van der Waals surface area (Å²) in [5, 5.41) is 15.9. The topological polar surface area (TPSA) is 121 Å². The van der Waals surface area contributed by atoms with Gasteiger partial charge in [0.15, 0.2) is 0 Å². The molecule has 1 fully saturated rings. The Labute approximate surface area is 210 Å². The van der Waals surface area contributed by atoms with Crippen LogP contribution in [-0.4, -0.2) is 50.8 Å². The number of methoxy groups -OCH3 is 1. The van der Waals surface area contributed by atoms with Crippen molar-refractivity contribution in [1.29, 1.82) is 0 Å². The zero-order valence-electron chi connectivity index (χ0n) is 20.9. The summed E-state index contributed by atoms with van der Waals surface area (Å²) in [6, 6.07) is 11.1. The molecule has 190 valence electrons. The largest absolute Gasteiger partial charge is 0.494 e. The van der Waals surface area contributed by atoms with Crippen LogP contribution in [0.2, 0.25) is 0 Å². The van der Waals surface area contributed by atoms with E-state index in [9.17, 15) is 9.59 Å². The molecule has 1 amide bonds. The van der Waals surface area contributed by atoms with Gasteiger partial charge in [0.1, 0.15) is 11.4 Å².